The average molecular weight is 195 g/mol. The molecule has 1 rings (SSSR count). The summed E-state index contributed by atoms with van der Waals surface area (Å²) in [5, 5.41) is 4.31. The van der Waals surface area contributed by atoms with Crippen molar-refractivity contribution in [2.24, 2.45) is 18.7 Å². The second kappa shape index (κ2) is 4.60. The quantitative estimate of drug-likeness (QED) is 0.800. The summed E-state index contributed by atoms with van der Waals surface area (Å²) < 4.78 is 1.90. The van der Waals surface area contributed by atoms with E-state index in [4.69, 9.17) is 5.73 Å². The molecule has 2 N–H and O–H groups in total. The Kier molecular flexibility index (Phi) is 3.69. The van der Waals surface area contributed by atoms with Gasteiger partial charge in [0.1, 0.15) is 0 Å². The van der Waals surface area contributed by atoms with Crippen molar-refractivity contribution in [3.63, 3.8) is 0 Å². The van der Waals surface area contributed by atoms with Crippen molar-refractivity contribution in [1.82, 2.24) is 9.78 Å². The van der Waals surface area contributed by atoms with E-state index in [0.29, 0.717) is 5.92 Å². The van der Waals surface area contributed by atoms with Crippen LogP contribution in [0.15, 0.2) is 6.07 Å². The van der Waals surface area contributed by atoms with Gasteiger partial charge in [0.15, 0.2) is 0 Å². The van der Waals surface area contributed by atoms with Gasteiger partial charge >= 0.3 is 0 Å². The highest BCUT2D eigenvalue weighted by Gasteiger charge is 2.17. The zero-order valence-electron chi connectivity index (χ0n) is 9.62. The van der Waals surface area contributed by atoms with E-state index in [1.165, 1.54) is 12.8 Å². The summed E-state index contributed by atoms with van der Waals surface area (Å²) in [4.78, 5) is 0. The van der Waals surface area contributed by atoms with E-state index >= 15 is 0 Å². The summed E-state index contributed by atoms with van der Waals surface area (Å²) >= 11 is 0. The number of aryl methyl sites for hydroxylation is 2. The Hall–Kier alpha value is -0.830. The van der Waals surface area contributed by atoms with Gasteiger partial charge in [-0.3, -0.25) is 4.68 Å². The van der Waals surface area contributed by atoms with Crippen molar-refractivity contribution in [1.29, 1.82) is 0 Å². The maximum Gasteiger partial charge on any atom is 0.0597 e. The molecule has 2 atom stereocenters. The van der Waals surface area contributed by atoms with E-state index in [0.717, 1.165) is 11.4 Å². The largest absolute Gasteiger partial charge is 0.322 e. The van der Waals surface area contributed by atoms with E-state index in [1.807, 2.05) is 18.7 Å². The van der Waals surface area contributed by atoms with Crippen LogP contribution in [-0.2, 0) is 7.05 Å². The van der Waals surface area contributed by atoms with Gasteiger partial charge in [-0.25, -0.2) is 0 Å². The van der Waals surface area contributed by atoms with Crippen molar-refractivity contribution in [3.05, 3.63) is 17.5 Å². The molecule has 0 amide bonds. The van der Waals surface area contributed by atoms with Crippen LogP contribution in [0.4, 0.5) is 0 Å². The number of hydrogen-bond donors (Lipinski definition) is 1. The Morgan fingerprint density at radius 2 is 2.21 bits per heavy atom. The molecular formula is C11H21N3. The summed E-state index contributed by atoms with van der Waals surface area (Å²) in [7, 11) is 1.96. The van der Waals surface area contributed by atoms with Gasteiger partial charge < -0.3 is 5.73 Å². The van der Waals surface area contributed by atoms with Crippen molar-refractivity contribution < 1.29 is 0 Å². The maximum atomic E-state index is 6.18. The third-order valence-electron chi connectivity index (χ3n) is 2.74. The highest BCUT2D eigenvalue weighted by molar-refractivity contribution is 5.13. The van der Waals surface area contributed by atoms with E-state index in [9.17, 15) is 0 Å². The summed E-state index contributed by atoms with van der Waals surface area (Å²) in [5.41, 5.74) is 8.36. The number of aromatic nitrogens is 2. The average Bonchev–Trinajstić information content (AvgIpc) is 2.44. The molecule has 2 unspecified atom stereocenters. The second-order valence-electron chi connectivity index (χ2n) is 4.13. The standard InChI is InChI=1S/C11H21N3/c1-5-6-8(2)11(12)10-7-9(3)13-14(10)4/h7-8,11H,5-6,12H2,1-4H3. The molecule has 3 heteroatoms. The lowest BCUT2D eigenvalue weighted by Crippen LogP contribution is -2.21. The van der Waals surface area contributed by atoms with Gasteiger partial charge in [-0.2, -0.15) is 5.10 Å². The zero-order chi connectivity index (χ0) is 10.7. The maximum absolute atomic E-state index is 6.18. The first-order chi connectivity index (χ1) is 6.56. The monoisotopic (exact) mass is 195 g/mol. The van der Waals surface area contributed by atoms with Gasteiger partial charge in [-0.05, 0) is 25.3 Å². The van der Waals surface area contributed by atoms with Crippen LogP contribution >= 0.6 is 0 Å². The predicted molar refractivity (Wildman–Crippen MR) is 58.9 cm³/mol. The normalized spacial score (nSPS) is 15.5. The molecule has 0 bridgehead atoms. The Balaban J connectivity index is 2.77. The minimum absolute atomic E-state index is 0.112. The highest BCUT2D eigenvalue weighted by Crippen LogP contribution is 2.22. The van der Waals surface area contributed by atoms with Crippen molar-refractivity contribution >= 4 is 0 Å². The lowest BCUT2D eigenvalue weighted by molar-refractivity contribution is 0.414. The second-order valence-corrected chi connectivity index (χ2v) is 4.13. The molecule has 1 heterocycles. The van der Waals surface area contributed by atoms with Gasteiger partial charge in [-0.1, -0.05) is 20.3 Å². The lowest BCUT2D eigenvalue weighted by Gasteiger charge is -2.19. The van der Waals surface area contributed by atoms with Gasteiger partial charge in [-0.15, -0.1) is 0 Å². The van der Waals surface area contributed by atoms with Crippen LogP contribution < -0.4 is 5.73 Å². The first kappa shape index (κ1) is 11.2. The molecule has 0 saturated heterocycles. The molecular weight excluding hydrogens is 174 g/mol. The molecule has 0 aliphatic carbocycles. The van der Waals surface area contributed by atoms with E-state index in [2.05, 4.69) is 25.0 Å². The Morgan fingerprint density at radius 3 is 2.64 bits per heavy atom. The molecule has 1 aromatic heterocycles. The van der Waals surface area contributed by atoms with Crippen LogP contribution in [-0.4, -0.2) is 9.78 Å². The summed E-state index contributed by atoms with van der Waals surface area (Å²) in [5.74, 6) is 0.523. The van der Waals surface area contributed by atoms with Crippen LogP contribution in [0.1, 0.15) is 44.1 Å². The van der Waals surface area contributed by atoms with E-state index in [1.54, 1.807) is 0 Å². The van der Waals surface area contributed by atoms with Gasteiger partial charge in [0.25, 0.3) is 0 Å². The van der Waals surface area contributed by atoms with Crippen molar-refractivity contribution in [3.8, 4) is 0 Å². The number of nitrogens with zero attached hydrogens (tertiary/aromatic N) is 2. The fraction of sp³-hybridized carbons (Fsp3) is 0.727. The number of rotatable bonds is 4. The summed E-state index contributed by atoms with van der Waals surface area (Å²) in [6.45, 7) is 6.40. The fourth-order valence-electron chi connectivity index (χ4n) is 1.87. The molecule has 0 radical (unpaired) electrons. The molecule has 14 heavy (non-hydrogen) atoms. The first-order valence-electron chi connectivity index (χ1n) is 5.32. The molecule has 0 spiro atoms. The molecule has 0 saturated carbocycles. The first-order valence-corrected chi connectivity index (χ1v) is 5.32. The third-order valence-corrected chi connectivity index (χ3v) is 2.74. The lowest BCUT2D eigenvalue weighted by atomic mass is 9.95. The SMILES string of the molecule is CCCC(C)C(N)c1cc(C)nn1C. The van der Waals surface area contributed by atoms with Gasteiger partial charge in [0.05, 0.1) is 11.4 Å². The minimum Gasteiger partial charge on any atom is -0.322 e. The van der Waals surface area contributed by atoms with Crippen molar-refractivity contribution in [2.45, 2.75) is 39.7 Å². The minimum atomic E-state index is 0.112. The number of hydrogen-bond acceptors (Lipinski definition) is 2. The van der Waals surface area contributed by atoms with Gasteiger partial charge in [0.2, 0.25) is 0 Å². The highest BCUT2D eigenvalue weighted by atomic mass is 15.3. The third kappa shape index (κ3) is 2.35. The van der Waals surface area contributed by atoms with Crippen LogP contribution in [0.5, 0.6) is 0 Å². The van der Waals surface area contributed by atoms with Crippen LogP contribution in [0, 0.1) is 12.8 Å². The van der Waals surface area contributed by atoms with E-state index in [-0.39, 0.29) is 6.04 Å². The Morgan fingerprint density at radius 1 is 1.57 bits per heavy atom. The summed E-state index contributed by atoms with van der Waals surface area (Å²) in [6.07, 6.45) is 2.36. The predicted octanol–water partition coefficient (Wildman–Crippen LogP) is 2.16. The molecule has 80 valence electrons. The Bertz CT molecular complexity index is 291. The Labute approximate surface area is 86.3 Å². The molecule has 0 fully saturated rings. The fourth-order valence-corrected chi connectivity index (χ4v) is 1.87. The topological polar surface area (TPSA) is 43.8 Å². The molecule has 0 aromatic carbocycles. The van der Waals surface area contributed by atoms with Crippen molar-refractivity contribution in [2.75, 3.05) is 0 Å². The van der Waals surface area contributed by atoms with Crippen LogP contribution in [0.2, 0.25) is 0 Å². The number of nitrogens with two attached hydrogens (primary N) is 1. The van der Waals surface area contributed by atoms with Crippen LogP contribution in [0.3, 0.4) is 0 Å². The zero-order valence-corrected chi connectivity index (χ0v) is 9.62. The van der Waals surface area contributed by atoms with E-state index < -0.39 is 0 Å². The van der Waals surface area contributed by atoms with Crippen LogP contribution in [0.25, 0.3) is 0 Å². The molecule has 0 aliphatic heterocycles. The van der Waals surface area contributed by atoms with Gasteiger partial charge in [0, 0.05) is 13.1 Å². The molecule has 1 aromatic rings. The molecule has 0 aliphatic rings. The summed E-state index contributed by atoms with van der Waals surface area (Å²) in [6, 6.07) is 2.19. The molecule has 3 nitrogen and oxygen atoms in total. The smallest absolute Gasteiger partial charge is 0.0597 e.